The molecule has 0 aromatic heterocycles. The van der Waals surface area contributed by atoms with Gasteiger partial charge in [-0.1, -0.05) is 30.3 Å². The van der Waals surface area contributed by atoms with Crippen molar-refractivity contribution >= 4 is 10.0 Å². The van der Waals surface area contributed by atoms with Crippen molar-refractivity contribution < 1.29 is 13.2 Å². The van der Waals surface area contributed by atoms with Gasteiger partial charge in [0, 0.05) is 13.0 Å². The lowest BCUT2D eigenvalue weighted by Crippen LogP contribution is -2.24. The van der Waals surface area contributed by atoms with E-state index in [0.29, 0.717) is 6.54 Å². The molecule has 0 bridgehead atoms. The maximum atomic E-state index is 11.5. The zero-order valence-corrected chi connectivity index (χ0v) is 14.2. The summed E-state index contributed by atoms with van der Waals surface area (Å²) in [6.45, 7) is 4.03. The van der Waals surface area contributed by atoms with E-state index in [-0.39, 0.29) is 11.9 Å². The first-order chi connectivity index (χ1) is 11.0. The monoisotopic (exact) mass is 331 g/mol. The number of benzene rings is 2. The van der Waals surface area contributed by atoms with E-state index in [4.69, 9.17) is 4.74 Å². The average molecular weight is 331 g/mol. The Kier molecular flexibility index (Phi) is 4.41. The van der Waals surface area contributed by atoms with Gasteiger partial charge in [-0.05, 0) is 48.2 Å². The van der Waals surface area contributed by atoms with Gasteiger partial charge in [0.25, 0.3) is 0 Å². The zero-order valence-electron chi connectivity index (χ0n) is 13.4. The molecule has 3 rings (SSSR count). The second kappa shape index (κ2) is 6.34. The summed E-state index contributed by atoms with van der Waals surface area (Å²) < 4.78 is 31.3. The second-order valence-electron chi connectivity index (χ2n) is 5.88. The van der Waals surface area contributed by atoms with Gasteiger partial charge in [-0.2, -0.15) is 0 Å². The number of hydrogen-bond acceptors (Lipinski definition) is 3. The Bertz CT molecular complexity index is 798. The number of sulfonamides is 1. The smallest absolute Gasteiger partial charge is 0.211 e. The van der Waals surface area contributed by atoms with Crippen molar-refractivity contribution in [3.05, 3.63) is 53.6 Å². The quantitative estimate of drug-likeness (QED) is 0.916. The molecule has 1 unspecified atom stereocenters. The molecule has 2 aromatic rings. The van der Waals surface area contributed by atoms with Gasteiger partial charge in [0.1, 0.15) is 11.9 Å². The molecule has 0 radical (unpaired) electrons. The van der Waals surface area contributed by atoms with E-state index in [1.54, 1.807) is 6.92 Å². The van der Waals surface area contributed by atoms with Crippen LogP contribution in [-0.2, 0) is 23.0 Å². The molecule has 2 aromatic carbocycles. The van der Waals surface area contributed by atoms with Crippen molar-refractivity contribution in [2.45, 2.75) is 32.9 Å². The summed E-state index contributed by atoms with van der Waals surface area (Å²) in [6.07, 6.45) is 1.19. The molecule has 0 spiro atoms. The topological polar surface area (TPSA) is 55.4 Å². The van der Waals surface area contributed by atoms with E-state index >= 15 is 0 Å². The number of ether oxygens (including phenoxy) is 1. The van der Waals surface area contributed by atoms with E-state index in [0.717, 1.165) is 28.9 Å². The molecule has 4 nitrogen and oxygen atoms in total. The predicted molar refractivity (Wildman–Crippen MR) is 92.0 cm³/mol. The van der Waals surface area contributed by atoms with E-state index in [1.807, 2.05) is 30.3 Å². The molecule has 1 atom stereocenters. The molecule has 23 heavy (non-hydrogen) atoms. The second-order valence-corrected chi connectivity index (χ2v) is 7.97. The van der Waals surface area contributed by atoms with Crippen LogP contribution in [-0.4, -0.2) is 20.3 Å². The minimum atomic E-state index is -3.16. The Hall–Kier alpha value is -1.85. The Labute approximate surface area is 137 Å². The first kappa shape index (κ1) is 16.0. The number of hydrogen-bond donors (Lipinski definition) is 1. The molecular formula is C18H21NO3S. The Morgan fingerprint density at radius 1 is 1.13 bits per heavy atom. The van der Waals surface area contributed by atoms with Gasteiger partial charge >= 0.3 is 0 Å². The number of nitrogens with one attached hydrogen (secondary N) is 1. The Balaban J connectivity index is 1.74. The summed E-state index contributed by atoms with van der Waals surface area (Å²) in [5.74, 6) is 1.08. The highest BCUT2D eigenvalue weighted by atomic mass is 32.2. The number of rotatable bonds is 5. The van der Waals surface area contributed by atoms with Gasteiger partial charge < -0.3 is 4.74 Å². The van der Waals surface area contributed by atoms with Crippen LogP contribution in [0.4, 0.5) is 0 Å². The molecule has 0 fully saturated rings. The molecule has 1 N–H and O–H groups in total. The fourth-order valence-electron chi connectivity index (χ4n) is 2.71. The van der Waals surface area contributed by atoms with Gasteiger partial charge in [-0.25, -0.2) is 13.1 Å². The zero-order chi connectivity index (χ0) is 16.4. The third kappa shape index (κ3) is 3.74. The van der Waals surface area contributed by atoms with Crippen LogP contribution in [0, 0.1) is 0 Å². The molecule has 1 aliphatic rings. The third-order valence-corrected chi connectivity index (χ3v) is 5.40. The van der Waals surface area contributed by atoms with Gasteiger partial charge in [0.2, 0.25) is 10.0 Å². The maximum Gasteiger partial charge on any atom is 0.211 e. The summed E-state index contributed by atoms with van der Waals surface area (Å²) in [7, 11) is -3.16. The summed E-state index contributed by atoms with van der Waals surface area (Å²) in [6, 6.07) is 14.2. The summed E-state index contributed by atoms with van der Waals surface area (Å²) >= 11 is 0. The Morgan fingerprint density at radius 3 is 2.52 bits per heavy atom. The van der Waals surface area contributed by atoms with Crippen LogP contribution in [0.1, 0.15) is 25.0 Å². The highest BCUT2D eigenvalue weighted by Gasteiger charge is 2.19. The fourth-order valence-corrected chi connectivity index (χ4v) is 3.30. The van der Waals surface area contributed by atoms with Crippen molar-refractivity contribution in [1.82, 2.24) is 4.72 Å². The molecule has 5 heteroatoms. The van der Waals surface area contributed by atoms with Crippen molar-refractivity contribution in [1.29, 1.82) is 0 Å². The molecule has 0 saturated carbocycles. The molecule has 1 heterocycles. The Morgan fingerprint density at radius 2 is 1.83 bits per heavy atom. The first-order valence-electron chi connectivity index (χ1n) is 7.83. The van der Waals surface area contributed by atoms with Crippen LogP contribution >= 0.6 is 0 Å². The predicted octanol–water partition coefficient (Wildman–Crippen LogP) is 3.12. The minimum absolute atomic E-state index is 0.0979. The SMILES string of the molecule is CCS(=O)(=O)NCc1ccc(-c2ccc3c(c2)CC(C)O3)cc1. The van der Waals surface area contributed by atoms with Gasteiger partial charge in [-0.3, -0.25) is 0 Å². The van der Waals surface area contributed by atoms with Crippen molar-refractivity contribution in [2.75, 3.05) is 5.75 Å². The normalized spacial score (nSPS) is 16.9. The molecular weight excluding hydrogens is 310 g/mol. The lowest BCUT2D eigenvalue weighted by atomic mass is 10.0. The molecule has 122 valence electrons. The highest BCUT2D eigenvalue weighted by molar-refractivity contribution is 7.89. The summed E-state index contributed by atoms with van der Waals surface area (Å²) in [5.41, 5.74) is 4.47. The van der Waals surface area contributed by atoms with Crippen molar-refractivity contribution in [3.8, 4) is 16.9 Å². The molecule has 0 aliphatic carbocycles. The largest absolute Gasteiger partial charge is 0.490 e. The standard InChI is InChI=1S/C18H21NO3S/c1-3-23(20,21)19-12-14-4-6-15(7-5-14)16-8-9-18-17(11-16)10-13(2)22-18/h4-9,11,13,19H,3,10,12H2,1-2H3. The van der Waals surface area contributed by atoms with Crippen LogP contribution in [0.5, 0.6) is 5.75 Å². The van der Waals surface area contributed by atoms with E-state index < -0.39 is 10.0 Å². The summed E-state index contributed by atoms with van der Waals surface area (Å²) in [4.78, 5) is 0. The van der Waals surface area contributed by atoms with Crippen molar-refractivity contribution in [3.63, 3.8) is 0 Å². The molecule has 0 saturated heterocycles. The lowest BCUT2D eigenvalue weighted by molar-refractivity contribution is 0.254. The van der Waals surface area contributed by atoms with E-state index in [1.165, 1.54) is 5.56 Å². The van der Waals surface area contributed by atoms with E-state index in [9.17, 15) is 8.42 Å². The van der Waals surface area contributed by atoms with Crippen LogP contribution in [0.2, 0.25) is 0 Å². The highest BCUT2D eigenvalue weighted by Crippen LogP contribution is 2.32. The average Bonchev–Trinajstić information content (AvgIpc) is 2.92. The minimum Gasteiger partial charge on any atom is -0.490 e. The fraction of sp³-hybridized carbons (Fsp3) is 0.333. The third-order valence-electron chi connectivity index (χ3n) is 4.06. The van der Waals surface area contributed by atoms with Gasteiger partial charge in [-0.15, -0.1) is 0 Å². The van der Waals surface area contributed by atoms with Gasteiger partial charge in [0.15, 0.2) is 0 Å². The maximum absolute atomic E-state index is 11.5. The lowest BCUT2D eigenvalue weighted by Gasteiger charge is -2.07. The van der Waals surface area contributed by atoms with Crippen LogP contribution in [0.3, 0.4) is 0 Å². The molecule has 0 amide bonds. The number of fused-ring (bicyclic) bond motifs is 1. The van der Waals surface area contributed by atoms with E-state index in [2.05, 4.69) is 23.8 Å². The van der Waals surface area contributed by atoms with Crippen LogP contribution < -0.4 is 9.46 Å². The van der Waals surface area contributed by atoms with Crippen LogP contribution in [0.25, 0.3) is 11.1 Å². The van der Waals surface area contributed by atoms with Crippen LogP contribution in [0.15, 0.2) is 42.5 Å². The van der Waals surface area contributed by atoms with Crippen molar-refractivity contribution in [2.24, 2.45) is 0 Å². The molecule has 1 aliphatic heterocycles. The van der Waals surface area contributed by atoms with Gasteiger partial charge in [0.05, 0.1) is 5.75 Å². The first-order valence-corrected chi connectivity index (χ1v) is 9.48. The summed E-state index contributed by atoms with van der Waals surface area (Å²) in [5, 5.41) is 0.